The molecule has 2 aromatic rings. The minimum atomic E-state index is 0. The molecule has 1 aromatic heterocycles. The molecule has 0 radical (unpaired) electrons. The third-order valence-electron chi connectivity index (χ3n) is 2.95. The van der Waals surface area contributed by atoms with Gasteiger partial charge in [0.25, 0.3) is 0 Å². The molecule has 0 saturated heterocycles. The normalized spacial score (nSPS) is 12.8. The molecule has 0 bridgehead atoms. The molecule has 20 heavy (non-hydrogen) atoms. The summed E-state index contributed by atoms with van der Waals surface area (Å²) >= 11 is 0. The molecule has 3 rings (SSSR count). The molecular formula is C14H17ClN2O3. The Hall–Kier alpha value is -1.72. The van der Waals surface area contributed by atoms with E-state index in [0.29, 0.717) is 26.3 Å². The van der Waals surface area contributed by atoms with E-state index in [1.807, 2.05) is 31.2 Å². The lowest BCUT2D eigenvalue weighted by molar-refractivity contribution is 0.169. The molecule has 5 nitrogen and oxygen atoms in total. The zero-order chi connectivity index (χ0) is 13.1. The monoisotopic (exact) mass is 296 g/mol. The average molecular weight is 297 g/mol. The molecule has 0 spiro atoms. The van der Waals surface area contributed by atoms with Crippen LogP contribution in [0.4, 0.5) is 0 Å². The van der Waals surface area contributed by atoms with Crippen LogP contribution >= 0.6 is 12.4 Å². The van der Waals surface area contributed by atoms with Crippen molar-refractivity contribution in [2.24, 2.45) is 0 Å². The molecule has 0 atom stereocenters. The first-order valence-corrected chi connectivity index (χ1v) is 6.33. The summed E-state index contributed by atoms with van der Waals surface area (Å²) in [5, 5.41) is 7.26. The lowest BCUT2D eigenvalue weighted by atomic mass is 10.1. The summed E-state index contributed by atoms with van der Waals surface area (Å²) in [6.45, 7) is 4.48. The van der Waals surface area contributed by atoms with Crippen LogP contribution < -0.4 is 14.8 Å². The number of aryl methyl sites for hydroxylation is 1. The van der Waals surface area contributed by atoms with Gasteiger partial charge in [-0.05, 0) is 13.0 Å². The molecule has 0 aliphatic carbocycles. The Bertz CT molecular complexity index is 571. The fraction of sp³-hybridized carbons (Fsp3) is 0.357. The number of hydrogen-bond donors (Lipinski definition) is 1. The van der Waals surface area contributed by atoms with Crippen LogP contribution in [0.1, 0.15) is 17.0 Å². The number of halogens is 1. The van der Waals surface area contributed by atoms with Crippen molar-refractivity contribution in [3.63, 3.8) is 0 Å². The van der Waals surface area contributed by atoms with E-state index in [-0.39, 0.29) is 12.4 Å². The number of nitrogens with zero attached hydrogens (tertiary/aromatic N) is 1. The molecule has 2 heterocycles. The van der Waals surface area contributed by atoms with Crippen molar-refractivity contribution in [3.05, 3.63) is 41.3 Å². The third kappa shape index (κ3) is 3.23. The Labute approximate surface area is 123 Å². The van der Waals surface area contributed by atoms with E-state index in [0.717, 1.165) is 28.5 Å². The molecule has 1 aromatic carbocycles. The van der Waals surface area contributed by atoms with E-state index in [2.05, 4.69) is 10.5 Å². The van der Waals surface area contributed by atoms with Gasteiger partial charge in [-0.3, -0.25) is 0 Å². The van der Waals surface area contributed by atoms with E-state index >= 15 is 0 Å². The smallest absolute Gasteiger partial charge is 0.165 e. The molecule has 0 fully saturated rings. The summed E-state index contributed by atoms with van der Waals surface area (Å²) < 4.78 is 16.2. The van der Waals surface area contributed by atoms with Gasteiger partial charge in [0.05, 0.1) is 5.69 Å². The van der Waals surface area contributed by atoms with E-state index in [4.69, 9.17) is 14.0 Å². The zero-order valence-electron chi connectivity index (χ0n) is 11.2. The maximum absolute atomic E-state index is 5.66. The maximum atomic E-state index is 5.66. The average Bonchev–Trinajstić information content (AvgIpc) is 2.85. The van der Waals surface area contributed by atoms with Crippen molar-refractivity contribution in [1.29, 1.82) is 0 Å². The maximum Gasteiger partial charge on any atom is 0.165 e. The number of rotatable bonds is 4. The lowest BCUT2D eigenvalue weighted by Gasteiger charge is -2.21. The fourth-order valence-corrected chi connectivity index (χ4v) is 2.10. The van der Waals surface area contributed by atoms with Crippen LogP contribution in [0.25, 0.3) is 0 Å². The highest BCUT2D eigenvalue weighted by Crippen LogP contribution is 2.33. The van der Waals surface area contributed by atoms with E-state index in [1.54, 1.807) is 0 Å². The first-order chi connectivity index (χ1) is 9.33. The number of aromatic nitrogens is 1. The van der Waals surface area contributed by atoms with Crippen molar-refractivity contribution in [1.82, 2.24) is 10.5 Å². The highest BCUT2D eigenvalue weighted by atomic mass is 35.5. The molecule has 0 saturated carbocycles. The number of fused-ring (bicyclic) bond motifs is 1. The quantitative estimate of drug-likeness (QED) is 0.939. The Morgan fingerprint density at radius 3 is 2.85 bits per heavy atom. The molecule has 0 unspecified atom stereocenters. The number of para-hydroxylation sites is 1. The number of hydrogen-bond acceptors (Lipinski definition) is 5. The summed E-state index contributed by atoms with van der Waals surface area (Å²) in [6, 6.07) is 7.87. The number of ether oxygens (including phenoxy) is 2. The predicted octanol–water partition coefficient (Wildman–Crippen LogP) is 2.47. The van der Waals surface area contributed by atoms with Crippen LogP contribution in [-0.2, 0) is 13.1 Å². The van der Waals surface area contributed by atoms with E-state index in [9.17, 15) is 0 Å². The van der Waals surface area contributed by atoms with Crippen LogP contribution in [-0.4, -0.2) is 18.4 Å². The fourth-order valence-electron chi connectivity index (χ4n) is 2.10. The van der Waals surface area contributed by atoms with Crippen LogP contribution in [0.5, 0.6) is 11.5 Å². The Morgan fingerprint density at radius 1 is 1.20 bits per heavy atom. The molecule has 108 valence electrons. The van der Waals surface area contributed by atoms with Gasteiger partial charge in [-0.25, -0.2) is 0 Å². The highest BCUT2D eigenvalue weighted by molar-refractivity contribution is 5.85. The van der Waals surface area contributed by atoms with Gasteiger partial charge in [-0.2, -0.15) is 0 Å². The number of nitrogens with one attached hydrogen (secondary N) is 1. The second kappa shape index (κ2) is 6.63. The van der Waals surface area contributed by atoms with E-state index in [1.165, 1.54) is 0 Å². The first kappa shape index (κ1) is 14.7. The Morgan fingerprint density at radius 2 is 2.05 bits per heavy atom. The molecule has 1 aliphatic rings. The van der Waals surface area contributed by atoms with Crippen LogP contribution in [0.3, 0.4) is 0 Å². The topological polar surface area (TPSA) is 56.5 Å². The summed E-state index contributed by atoms with van der Waals surface area (Å²) in [7, 11) is 0. The van der Waals surface area contributed by atoms with Crippen LogP contribution in [0.2, 0.25) is 0 Å². The second-order valence-electron chi connectivity index (χ2n) is 4.47. The minimum Gasteiger partial charge on any atom is -0.486 e. The van der Waals surface area contributed by atoms with Crippen molar-refractivity contribution in [3.8, 4) is 11.5 Å². The van der Waals surface area contributed by atoms with Crippen LogP contribution in [0.15, 0.2) is 28.8 Å². The summed E-state index contributed by atoms with van der Waals surface area (Å²) in [4.78, 5) is 0. The second-order valence-corrected chi connectivity index (χ2v) is 4.47. The van der Waals surface area contributed by atoms with Crippen molar-refractivity contribution in [2.75, 3.05) is 13.2 Å². The van der Waals surface area contributed by atoms with Crippen molar-refractivity contribution >= 4 is 12.4 Å². The zero-order valence-corrected chi connectivity index (χ0v) is 12.0. The van der Waals surface area contributed by atoms with Gasteiger partial charge in [0.1, 0.15) is 19.0 Å². The summed E-state index contributed by atoms with van der Waals surface area (Å²) in [5.74, 6) is 2.49. The van der Waals surface area contributed by atoms with Crippen molar-refractivity contribution in [2.45, 2.75) is 20.0 Å². The number of benzene rings is 1. The molecular weight excluding hydrogens is 280 g/mol. The van der Waals surface area contributed by atoms with Gasteiger partial charge in [-0.1, -0.05) is 17.3 Å². The third-order valence-corrected chi connectivity index (χ3v) is 2.95. The van der Waals surface area contributed by atoms with Crippen molar-refractivity contribution < 1.29 is 14.0 Å². The molecule has 1 N–H and O–H groups in total. The van der Waals surface area contributed by atoms with Gasteiger partial charge in [0.15, 0.2) is 11.5 Å². The lowest BCUT2D eigenvalue weighted by Crippen LogP contribution is -2.19. The largest absolute Gasteiger partial charge is 0.486 e. The van der Waals surface area contributed by atoms with Gasteiger partial charge >= 0.3 is 0 Å². The van der Waals surface area contributed by atoms with Gasteiger partial charge in [0, 0.05) is 24.7 Å². The Kier molecular flexibility index (Phi) is 4.87. The predicted molar refractivity (Wildman–Crippen MR) is 76.5 cm³/mol. The molecule has 6 heteroatoms. The minimum absolute atomic E-state index is 0. The van der Waals surface area contributed by atoms with Gasteiger partial charge in [-0.15, -0.1) is 12.4 Å². The first-order valence-electron chi connectivity index (χ1n) is 6.33. The van der Waals surface area contributed by atoms with Gasteiger partial charge < -0.3 is 19.3 Å². The SMILES string of the molecule is Cc1cc(CNCc2cccc3c2OCCO3)no1.Cl. The highest BCUT2D eigenvalue weighted by Gasteiger charge is 2.15. The van der Waals surface area contributed by atoms with Gasteiger partial charge in [0.2, 0.25) is 0 Å². The van der Waals surface area contributed by atoms with E-state index < -0.39 is 0 Å². The molecule has 1 aliphatic heterocycles. The summed E-state index contributed by atoms with van der Waals surface area (Å²) in [6.07, 6.45) is 0. The Balaban J connectivity index is 0.00000147. The molecule has 0 amide bonds. The summed E-state index contributed by atoms with van der Waals surface area (Å²) in [5.41, 5.74) is 2.00. The van der Waals surface area contributed by atoms with Crippen LogP contribution in [0, 0.1) is 6.92 Å². The standard InChI is InChI=1S/C14H16N2O3.ClH/c1-10-7-12(16-19-10)9-15-8-11-3-2-4-13-14(11)18-6-5-17-13;/h2-4,7,15H,5-6,8-9H2,1H3;1H.